The summed E-state index contributed by atoms with van der Waals surface area (Å²) in [6.07, 6.45) is 1.45. The van der Waals surface area contributed by atoms with Gasteiger partial charge in [-0.3, -0.25) is 14.9 Å². The lowest BCUT2D eigenvalue weighted by atomic mass is 10.2. The SMILES string of the molecule is COc1cc(/C=N\NC(=O)c2cccc([N+](=O)[O-])c2)ccc1OCc1ccc(C)cc1. The molecule has 3 rings (SSSR count). The Morgan fingerprint density at radius 3 is 2.58 bits per heavy atom. The van der Waals surface area contributed by atoms with Crippen molar-refractivity contribution in [1.82, 2.24) is 5.43 Å². The summed E-state index contributed by atoms with van der Waals surface area (Å²) in [6.45, 7) is 2.43. The van der Waals surface area contributed by atoms with Crippen LogP contribution in [0.1, 0.15) is 27.0 Å². The van der Waals surface area contributed by atoms with Crippen molar-refractivity contribution in [3.8, 4) is 11.5 Å². The van der Waals surface area contributed by atoms with Gasteiger partial charge in [0.15, 0.2) is 11.5 Å². The molecule has 0 aliphatic carbocycles. The summed E-state index contributed by atoms with van der Waals surface area (Å²) in [7, 11) is 1.54. The fraction of sp³-hybridized carbons (Fsp3) is 0.130. The van der Waals surface area contributed by atoms with Crippen LogP contribution in [0, 0.1) is 17.0 Å². The van der Waals surface area contributed by atoms with E-state index in [4.69, 9.17) is 9.47 Å². The second-order valence-electron chi connectivity index (χ2n) is 6.69. The largest absolute Gasteiger partial charge is 0.493 e. The summed E-state index contributed by atoms with van der Waals surface area (Å²) in [6, 6.07) is 18.7. The van der Waals surface area contributed by atoms with E-state index >= 15 is 0 Å². The Bertz CT molecular complexity index is 1110. The van der Waals surface area contributed by atoms with Gasteiger partial charge in [0.2, 0.25) is 0 Å². The second kappa shape index (κ2) is 10.0. The lowest BCUT2D eigenvalue weighted by Gasteiger charge is -2.11. The first kappa shape index (κ1) is 21.5. The number of amides is 1. The van der Waals surface area contributed by atoms with E-state index in [0.29, 0.717) is 23.7 Å². The summed E-state index contributed by atoms with van der Waals surface area (Å²) in [5.41, 5.74) is 5.24. The van der Waals surface area contributed by atoms with Crippen LogP contribution in [0.4, 0.5) is 5.69 Å². The van der Waals surface area contributed by atoms with E-state index in [1.54, 1.807) is 25.3 Å². The monoisotopic (exact) mass is 419 g/mol. The minimum Gasteiger partial charge on any atom is -0.493 e. The maximum atomic E-state index is 12.1. The van der Waals surface area contributed by atoms with E-state index in [2.05, 4.69) is 10.5 Å². The Kier molecular flexibility index (Phi) is 6.95. The number of hydrogen-bond donors (Lipinski definition) is 1. The van der Waals surface area contributed by atoms with Crippen molar-refractivity contribution in [3.05, 3.63) is 99.1 Å². The first-order valence-corrected chi connectivity index (χ1v) is 9.40. The van der Waals surface area contributed by atoms with Gasteiger partial charge in [0, 0.05) is 17.7 Å². The molecule has 0 aromatic heterocycles. The number of hydrazone groups is 1. The average Bonchev–Trinajstić information content (AvgIpc) is 2.79. The molecule has 3 aromatic rings. The number of rotatable bonds is 8. The molecular formula is C23H21N3O5. The van der Waals surface area contributed by atoms with Gasteiger partial charge in [-0.1, -0.05) is 35.9 Å². The third-order valence-corrected chi connectivity index (χ3v) is 4.40. The number of carbonyl (C=O) groups excluding carboxylic acids is 1. The van der Waals surface area contributed by atoms with Crippen LogP contribution in [0.2, 0.25) is 0 Å². The van der Waals surface area contributed by atoms with Crippen LogP contribution in [0.3, 0.4) is 0 Å². The molecule has 0 bridgehead atoms. The fourth-order valence-electron chi connectivity index (χ4n) is 2.72. The highest BCUT2D eigenvalue weighted by atomic mass is 16.6. The van der Waals surface area contributed by atoms with Crippen LogP contribution in [0.15, 0.2) is 71.8 Å². The number of non-ortho nitro benzene ring substituents is 1. The Morgan fingerprint density at radius 1 is 1.10 bits per heavy atom. The molecule has 0 radical (unpaired) electrons. The first-order chi connectivity index (χ1) is 15.0. The Balaban J connectivity index is 1.63. The van der Waals surface area contributed by atoms with Crippen LogP contribution >= 0.6 is 0 Å². The number of methoxy groups -OCH3 is 1. The number of nitro groups is 1. The predicted molar refractivity (Wildman–Crippen MR) is 117 cm³/mol. The zero-order valence-corrected chi connectivity index (χ0v) is 17.1. The number of ether oxygens (including phenoxy) is 2. The van der Waals surface area contributed by atoms with Crippen molar-refractivity contribution in [2.75, 3.05) is 7.11 Å². The van der Waals surface area contributed by atoms with Crippen LogP contribution in [-0.4, -0.2) is 24.2 Å². The third kappa shape index (κ3) is 5.89. The number of carbonyl (C=O) groups is 1. The molecule has 0 fully saturated rings. The highest BCUT2D eigenvalue weighted by Gasteiger charge is 2.11. The molecule has 8 nitrogen and oxygen atoms in total. The molecule has 158 valence electrons. The molecule has 8 heteroatoms. The minimum atomic E-state index is -0.561. The van der Waals surface area contributed by atoms with E-state index < -0.39 is 10.8 Å². The molecule has 1 amide bonds. The maximum absolute atomic E-state index is 12.1. The van der Waals surface area contributed by atoms with Gasteiger partial charge in [-0.25, -0.2) is 5.43 Å². The van der Waals surface area contributed by atoms with Gasteiger partial charge in [-0.2, -0.15) is 5.10 Å². The van der Waals surface area contributed by atoms with Gasteiger partial charge in [0.25, 0.3) is 11.6 Å². The molecule has 0 heterocycles. The van der Waals surface area contributed by atoms with Gasteiger partial charge < -0.3 is 9.47 Å². The number of hydrogen-bond acceptors (Lipinski definition) is 6. The van der Waals surface area contributed by atoms with Gasteiger partial charge in [-0.15, -0.1) is 0 Å². The van der Waals surface area contributed by atoms with Crippen LogP contribution in [0.5, 0.6) is 11.5 Å². The minimum absolute atomic E-state index is 0.142. The highest BCUT2D eigenvalue weighted by molar-refractivity contribution is 5.95. The van der Waals surface area contributed by atoms with E-state index in [1.807, 2.05) is 31.2 Å². The lowest BCUT2D eigenvalue weighted by Crippen LogP contribution is -2.17. The number of nitrogens with zero attached hydrogens (tertiary/aromatic N) is 2. The molecular weight excluding hydrogens is 398 g/mol. The standard InChI is InChI=1S/C23H21N3O5/c1-16-6-8-17(9-7-16)15-31-21-11-10-18(12-22(21)30-2)14-24-25-23(27)19-4-3-5-20(13-19)26(28)29/h3-14H,15H2,1-2H3,(H,25,27)/b24-14-. The third-order valence-electron chi connectivity index (χ3n) is 4.40. The van der Waals surface area contributed by atoms with Gasteiger partial charge in [0.1, 0.15) is 6.61 Å². The van der Waals surface area contributed by atoms with Gasteiger partial charge >= 0.3 is 0 Å². The van der Waals surface area contributed by atoms with Crippen molar-refractivity contribution in [3.63, 3.8) is 0 Å². The topological polar surface area (TPSA) is 103 Å². The number of nitro benzene ring substituents is 1. The number of nitrogens with one attached hydrogen (secondary N) is 1. The zero-order valence-electron chi connectivity index (χ0n) is 17.1. The van der Waals surface area contributed by atoms with Crippen LogP contribution < -0.4 is 14.9 Å². The van der Waals surface area contributed by atoms with E-state index in [-0.39, 0.29) is 11.3 Å². The normalized spacial score (nSPS) is 10.6. The summed E-state index contributed by atoms with van der Waals surface area (Å²) < 4.78 is 11.2. The van der Waals surface area contributed by atoms with E-state index in [1.165, 1.54) is 36.0 Å². The van der Waals surface area contributed by atoms with Crippen molar-refractivity contribution < 1.29 is 19.2 Å². The predicted octanol–water partition coefficient (Wildman–Crippen LogP) is 4.25. The molecule has 0 saturated carbocycles. The molecule has 0 aliphatic rings. The molecule has 31 heavy (non-hydrogen) atoms. The Morgan fingerprint density at radius 2 is 1.87 bits per heavy atom. The van der Waals surface area contributed by atoms with Crippen molar-refractivity contribution >= 4 is 17.8 Å². The van der Waals surface area contributed by atoms with Crippen molar-refractivity contribution in [1.29, 1.82) is 0 Å². The molecule has 3 aromatic carbocycles. The van der Waals surface area contributed by atoms with Crippen molar-refractivity contribution in [2.24, 2.45) is 5.10 Å². The van der Waals surface area contributed by atoms with Crippen LogP contribution in [-0.2, 0) is 6.61 Å². The van der Waals surface area contributed by atoms with E-state index in [9.17, 15) is 14.9 Å². The zero-order chi connectivity index (χ0) is 22.2. The van der Waals surface area contributed by atoms with E-state index in [0.717, 1.165) is 5.56 Å². The Labute approximate surface area is 179 Å². The molecule has 0 saturated heterocycles. The average molecular weight is 419 g/mol. The Hall–Kier alpha value is -4.20. The van der Waals surface area contributed by atoms with Gasteiger partial charge in [-0.05, 0) is 42.3 Å². The molecule has 0 aliphatic heterocycles. The second-order valence-corrected chi connectivity index (χ2v) is 6.69. The van der Waals surface area contributed by atoms with Crippen LogP contribution in [0.25, 0.3) is 0 Å². The molecule has 1 N–H and O–H groups in total. The molecule has 0 spiro atoms. The summed E-state index contributed by atoms with van der Waals surface area (Å²) in [5.74, 6) is 0.562. The molecule has 0 unspecified atom stereocenters. The van der Waals surface area contributed by atoms with Gasteiger partial charge in [0.05, 0.1) is 18.2 Å². The maximum Gasteiger partial charge on any atom is 0.271 e. The highest BCUT2D eigenvalue weighted by Crippen LogP contribution is 2.28. The molecule has 0 atom stereocenters. The lowest BCUT2D eigenvalue weighted by molar-refractivity contribution is -0.384. The summed E-state index contributed by atoms with van der Waals surface area (Å²) in [5, 5.41) is 14.7. The summed E-state index contributed by atoms with van der Waals surface area (Å²) in [4.78, 5) is 22.4. The fourth-order valence-corrected chi connectivity index (χ4v) is 2.72. The number of aryl methyl sites for hydroxylation is 1. The first-order valence-electron chi connectivity index (χ1n) is 9.40. The summed E-state index contributed by atoms with van der Waals surface area (Å²) >= 11 is 0. The smallest absolute Gasteiger partial charge is 0.271 e. The number of benzene rings is 3. The van der Waals surface area contributed by atoms with Crippen molar-refractivity contribution in [2.45, 2.75) is 13.5 Å². The quantitative estimate of drug-likeness (QED) is 0.334.